The Balaban J connectivity index is 2.27. The molecular formula is C20H16IP. The normalized spacial score (nSPS) is 10.8. The van der Waals surface area contributed by atoms with Crippen LogP contribution < -0.4 is 0 Å². The van der Waals surface area contributed by atoms with Crippen LogP contribution in [0.3, 0.4) is 0 Å². The summed E-state index contributed by atoms with van der Waals surface area (Å²) < 4.78 is 0. The molecule has 0 aliphatic carbocycles. The van der Waals surface area contributed by atoms with Crippen molar-refractivity contribution in [1.29, 1.82) is 0 Å². The molecule has 0 N–H and O–H groups in total. The van der Waals surface area contributed by atoms with Gasteiger partial charge >= 0.3 is 0 Å². The van der Waals surface area contributed by atoms with Crippen LogP contribution in [-0.4, -0.2) is 0 Å². The zero-order valence-corrected chi connectivity index (χ0v) is 15.2. The minimum atomic E-state index is 0.707. The predicted octanol–water partition coefficient (Wildman–Crippen LogP) is 6.63. The Kier molecular flexibility index (Phi) is 5.42. The number of hydrogen-bond acceptors (Lipinski definition) is 0. The Morgan fingerprint density at radius 2 is 0.909 bits per heavy atom. The monoisotopic (exact) mass is 414 g/mol. The maximum Gasteiger partial charge on any atom is -0.00133 e. The Morgan fingerprint density at radius 3 is 1.27 bits per heavy atom. The highest BCUT2D eigenvalue weighted by molar-refractivity contribution is 14.2. The fraction of sp³-hybridized carbons (Fsp3) is 0. The summed E-state index contributed by atoms with van der Waals surface area (Å²) in [5.74, 6) is 0. The van der Waals surface area contributed by atoms with Crippen LogP contribution in [0.1, 0.15) is 16.7 Å². The van der Waals surface area contributed by atoms with E-state index in [1.807, 2.05) is 0 Å². The fourth-order valence-electron chi connectivity index (χ4n) is 2.52. The molecule has 0 aliphatic heterocycles. The van der Waals surface area contributed by atoms with Crippen molar-refractivity contribution in [3.8, 4) is 0 Å². The van der Waals surface area contributed by atoms with E-state index in [2.05, 4.69) is 113 Å². The SMILES string of the molecule is IPC(=C(c1ccccc1)c1ccccc1)c1ccccc1. The zero-order chi connectivity index (χ0) is 15.2. The average molecular weight is 414 g/mol. The van der Waals surface area contributed by atoms with Crippen molar-refractivity contribution in [2.75, 3.05) is 0 Å². The van der Waals surface area contributed by atoms with Crippen LogP contribution in [-0.2, 0) is 0 Å². The summed E-state index contributed by atoms with van der Waals surface area (Å²) in [6.45, 7) is 0. The lowest BCUT2D eigenvalue weighted by Crippen LogP contribution is -1.91. The fourth-order valence-corrected chi connectivity index (χ4v) is 4.92. The quantitative estimate of drug-likeness (QED) is 0.255. The molecule has 0 aromatic heterocycles. The molecule has 108 valence electrons. The molecule has 3 rings (SSSR count). The van der Waals surface area contributed by atoms with E-state index in [1.54, 1.807) is 0 Å². The van der Waals surface area contributed by atoms with Gasteiger partial charge in [-0.1, -0.05) is 113 Å². The van der Waals surface area contributed by atoms with Crippen LogP contribution in [0.25, 0.3) is 10.9 Å². The lowest BCUT2D eigenvalue weighted by molar-refractivity contribution is 1.55. The van der Waals surface area contributed by atoms with E-state index in [4.69, 9.17) is 0 Å². The zero-order valence-electron chi connectivity index (χ0n) is 12.0. The topological polar surface area (TPSA) is 0 Å². The van der Waals surface area contributed by atoms with Crippen LogP contribution >= 0.6 is 28.3 Å². The van der Waals surface area contributed by atoms with Crippen molar-refractivity contribution in [2.24, 2.45) is 0 Å². The van der Waals surface area contributed by atoms with Gasteiger partial charge in [-0.15, -0.1) is 0 Å². The summed E-state index contributed by atoms with van der Waals surface area (Å²) in [5.41, 5.74) is 5.19. The first kappa shape index (κ1) is 15.5. The molecule has 3 aromatic rings. The van der Waals surface area contributed by atoms with Crippen molar-refractivity contribution in [3.63, 3.8) is 0 Å². The Bertz CT molecular complexity index is 708. The molecule has 0 aliphatic rings. The van der Waals surface area contributed by atoms with Gasteiger partial charge < -0.3 is 0 Å². The minimum absolute atomic E-state index is 0.707. The lowest BCUT2D eigenvalue weighted by Gasteiger charge is -2.15. The van der Waals surface area contributed by atoms with Gasteiger partial charge in [-0.2, -0.15) is 0 Å². The number of hydrogen-bond donors (Lipinski definition) is 0. The van der Waals surface area contributed by atoms with Gasteiger partial charge in [-0.25, -0.2) is 0 Å². The van der Waals surface area contributed by atoms with Crippen molar-refractivity contribution < 1.29 is 0 Å². The van der Waals surface area contributed by atoms with Crippen LogP contribution in [0.4, 0.5) is 0 Å². The second-order valence-electron chi connectivity index (χ2n) is 4.94. The van der Waals surface area contributed by atoms with Gasteiger partial charge in [-0.05, 0) is 33.8 Å². The van der Waals surface area contributed by atoms with Gasteiger partial charge in [0.15, 0.2) is 0 Å². The highest BCUT2D eigenvalue weighted by Gasteiger charge is 2.12. The third-order valence-electron chi connectivity index (χ3n) is 3.53. The van der Waals surface area contributed by atoms with Crippen molar-refractivity contribution >= 4 is 39.2 Å². The van der Waals surface area contributed by atoms with E-state index in [-0.39, 0.29) is 0 Å². The summed E-state index contributed by atoms with van der Waals surface area (Å²) in [4.78, 5) is 0. The van der Waals surface area contributed by atoms with Crippen molar-refractivity contribution in [3.05, 3.63) is 108 Å². The van der Waals surface area contributed by atoms with E-state index in [0.717, 1.165) is 0 Å². The molecule has 0 fully saturated rings. The first-order valence-electron chi connectivity index (χ1n) is 7.17. The van der Waals surface area contributed by atoms with Crippen LogP contribution in [0.2, 0.25) is 0 Å². The maximum absolute atomic E-state index is 2.49. The molecule has 0 saturated carbocycles. The highest BCUT2D eigenvalue weighted by atomic mass is 127. The highest BCUT2D eigenvalue weighted by Crippen LogP contribution is 2.46. The number of rotatable bonds is 4. The van der Waals surface area contributed by atoms with Gasteiger partial charge in [-0.3, -0.25) is 0 Å². The van der Waals surface area contributed by atoms with E-state index in [1.165, 1.54) is 27.6 Å². The molecule has 3 aromatic carbocycles. The largest absolute Gasteiger partial charge is 0.0622 e. The molecule has 1 unspecified atom stereocenters. The summed E-state index contributed by atoms with van der Waals surface area (Å²) in [6, 6.07) is 32.1. The van der Waals surface area contributed by atoms with Gasteiger partial charge in [0.25, 0.3) is 0 Å². The van der Waals surface area contributed by atoms with Gasteiger partial charge in [0, 0.05) is 0 Å². The third kappa shape index (κ3) is 3.48. The van der Waals surface area contributed by atoms with Crippen molar-refractivity contribution in [1.82, 2.24) is 0 Å². The first-order chi connectivity index (χ1) is 10.9. The molecule has 0 spiro atoms. The molecule has 22 heavy (non-hydrogen) atoms. The van der Waals surface area contributed by atoms with E-state index < -0.39 is 0 Å². The molecule has 2 heteroatoms. The number of benzene rings is 3. The second-order valence-corrected chi connectivity index (χ2v) is 7.25. The van der Waals surface area contributed by atoms with Crippen molar-refractivity contribution in [2.45, 2.75) is 0 Å². The Morgan fingerprint density at radius 1 is 0.545 bits per heavy atom. The second kappa shape index (κ2) is 7.71. The van der Waals surface area contributed by atoms with E-state index >= 15 is 0 Å². The van der Waals surface area contributed by atoms with E-state index in [0.29, 0.717) is 6.22 Å². The Labute approximate surface area is 146 Å². The lowest BCUT2D eigenvalue weighted by atomic mass is 9.95. The molecule has 0 saturated heterocycles. The summed E-state index contributed by atoms with van der Waals surface area (Å²) in [7, 11) is 0. The van der Waals surface area contributed by atoms with Crippen LogP contribution in [0.15, 0.2) is 91.0 Å². The summed E-state index contributed by atoms with van der Waals surface area (Å²) in [5, 5.41) is 1.40. The summed E-state index contributed by atoms with van der Waals surface area (Å²) >= 11 is 2.49. The number of halogens is 1. The standard InChI is InChI=1S/C20H16IP/c21-22-20(18-14-8-3-9-15-18)19(16-10-4-1-5-11-16)17-12-6-2-7-13-17/h1-15,22H. The molecule has 0 bridgehead atoms. The van der Waals surface area contributed by atoms with Gasteiger partial charge in [0.1, 0.15) is 0 Å². The molecular weight excluding hydrogens is 398 g/mol. The molecule has 0 nitrogen and oxygen atoms in total. The first-order valence-corrected chi connectivity index (χ1v) is 11.3. The average Bonchev–Trinajstić information content (AvgIpc) is 2.62. The molecule has 0 radical (unpaired) electrons. The van der Waals surface area contributed by atoms with Gasteiger partial charge in [0.2, 0.25) is 0 Å². The smallest absolute Gasteiger partial charge is 0.00133 e. The Hall–Kier alpha value is -1.44. The van der Waals surface area contributed by atoms with Crippen LogP contribution in [0.5, 0.6) is 0 Å². The molecule has 1 atom stereocenters. The van der Waals surface area contributed by atoms with Gasteiger partial charge in [0.05, 0.1) is 0 Å². The minimum Gasteiger partial charge on any atom is -0.0622 e. The predicted molar refractivity (Wildman–Crippen MR) is 108 cm³/mol. The third-order valence-corrected chi connectivity index (χ3v) is 5.88. The van der Waals surface area contributed by atoms with E-state index in [9.17, 15) is 0 Å². The molecule has 0 amide bonds. The summed E-state index contributed by atoms with van der Waals surface area (Å²) in [6.07, 6.45) is 0.707. The maximum atomic E-state index is 2.49. The molecule has 0 heterocycles. The van der Waals surface area contributed by atoms with Crippen LogP contribution in [0, 0.1) is 0 Å².